The quantitative estimate of drug-likeness (QED) is 0.856. The summed E-state index contributed by atoms with van der Waals surface area (Å²) in [7, 11) is 0. The van der Waals surface area contributed by atoms with Crippen LogP contribution in [-0.2, 0) is 6.54 Å². The van der Waals surface area contributed by atoms with E-state index in [1.54, 1.807) is 6.07 Å². The molecule has 2 aromatic rings. The van der Waals surface area contributed by atoms with Crippen LogP contribution in [0.4, 0.5) is 0 Å². The van der Waals surface area contributed by atoms with Gasteiger partial charge >= 0.3 is 5.97 Å². The molecule has 0 atom stereocenters. The average molecular weight is 291 g/mol. The predicted octanol–water partition coefficient (Wildman–Crippen LogP) is 3.12. The number of aromatic carboxylic acids is 1. The number of hydrogen-bond donors (Lipinski definition) is 2. The van der Waals surface area contributed by atoms with Gasteiger partial charge in [-0.15, -0.1) is 0 Å². The molecule has 1 aliphatic carbocycles. The molecule has 1 aromatic carbocycles. The molecule has 2 N–H and O–H groups in total. The molecule has 4 nitrogen and oxygen atoms in total. The Kier molecular flexibility index (Phi) is 3.48. The van der Waals surface area contributed by atoms with Gasteiger partial charge in [0.15, 0.2) is 0 Å². The average Bonchev–Trinajstić information content (AvgIpc) is 3.08. The van der Waals surface area contributed by atoms with Gasteiger partial charge in [-0.3, -0.25) is 0 Å². The molecule has 0 bridgehead atoms. The van der Waals surface area contributed by atoms with E-state index in [9.17, 15) is 4.79 Å². The molecule has 1 fully saturated rings. The molecule has 1 aliphatic rings. The Morgan fingerprint density at radius 1 is 1.45 bits per heavy atom. The summed E-state index contributed by atoms with van der Waals surface area (Å²) in [4.78, 5) is 10.9. The van der Waals surface area contributed by atoms with Gasteiger partial charge in [-0.05, 0) is 42.9 Å². The second kappa shape index (κ2) is 5.14. The van der Waals surface area contributed by atoms with Gasteiger partial charge in [0.2, 0.25) is 5.76 Å². The molecular formula is C15H17NO3S. The maximum Gasteiger partial charge on any atom is 0.371 e. The summed E-state index contributed by atoms with van der Waals surface area (Å²) >= 11 is 1.94. The highest BCUT2D eigenvalue weighted by atomic mass is 32.2. The number of thioether (sulfide) groups is 1. The van der Waals surface area contributed by atoms with Crippen LogP contribution in [0.15, 0.2) is 28.7 Å². The second-order valence-electron chi connectivity index (χ2n) is 5.28. The predicted molar refractivity (Wildman–Crippen MR) is 80.4 cm³/mol. The Hall–Kier alpha value is -1.46. The third kappa shape index (κ3) is 2.69. The van der Waals surface area contributed by atoms with Crippen molar-refractivity contribution in [3.63, 3.8) is 0 Å². The van der Waals surface area contributed by atoms with E-state index < -0.39 is 5.97 Å². The molecule has 0 radical (unpaired) electrons. The van der Waals surface area contributed by atoms with E-state index in [0.717, 1.165) is 24.0 Å². The molecule has 0 spiro atoms. The van der Waals surface area contributed by atoms with E-state index >= 15 is 0 Å². The van der Waals surface area contributed by atoms with E-state index in [-0.39, 0.29) is 5.76 Å². The van der Waals surface area contributed by atoms with Gasteiger partial charge < -0.3 is 14.8 Å². The highest BCUT2D eigenvalue weighted by molar-refractivity contribution is 8.00. The minimum Gasteiger partial charge on any atom is -0.475 e. The van der Waals surface area contributed by atoms with Crippen molar-refractivity contribution in [2.24, 2.45) is 0 Å². The molecule has 0 aliphatic heterocycles. The van der Waals surface area contributed by atoms with Crippen molar-refractivity contribution in [2.45, 2.75) is 24.1 Å². The SMILES string of the molecule is CSC1(CNCc2ccc3oc(C(=O)O)cc3c2)CC1. The van der Waals surface area contributed by atoms with E-state index in [4.69, 9.17) is 9.52 Å². The van der Waals surface area contributed by atoms with Crippen LogP contribution in [0.3, 0.4) is 0 Å². The van der Waals surface area contributed by atoms with Crippen LogP contribution in [0.1, 0.15) is 29.0 Å². The molecular weight excluding hydrogens is 274 g/mol. The van der Waals surface area contributed by atoms with Gasteiger partial charge in [-0.2, -0.15) is 11.8 Å². The summed E-state index contributed by atoms with van der Waals surface area (Å²) in [6, 6.07) is 7.37. The number of nitrogens with one attached hydrogen (secondary N) is 1. The van der Waals surface area contributed by atoms with Crippen LogP contribution in [0.2, 0.25) is 0 Å². The molecule has 0 unspecified atom stereocenters. The first-order valence-electron chi connectivity index (χ1n) is 6.64. The first-order valence-corrected chi connectivity index (χ1v) is 7.86. The lowest BCUT2D eigenvalue weighted by Gasteiger charge is -2.12. The Bertz CT molecular complexity index is 646. The Balaban J connectivity index is 1.67. The van der Waals surface area contributed by atoms with Crippen molar-refractivity contribution >= 4 is 28.7 Å². The van der Waals surface area contributed by atoms with E-state index in [0.29, 0.717) is 10.3 Å². The van der Waals surface area contributed by atoms with Crippen LogP contribution in [0.5, 0.6) is 0 Å². The Labute approximate surface area is 121 Å². The van der Waals surface area contributed by atoms with Gasteiger partial charge in [-0.1, -0.05) is 6.07 Å². The van der Waals surface area contributed by atoms with Gasteiger partial charge in [0.05, 0.1) is 0 Å². The number of rotatable bonds is 6. The minimum absolute atomic E-state index is 0.00979. The largest absolute Gasteiger partial charge is 0.475 e. The summed E-state index contributed by atoms with van der Waals surface area (Å²) in [5.41, 5.74) is 1.76. The van der Waals surface area contributed by atoms with Crippen molar-refractivity contribution in [3.05, 3.63) is 35.6 Å². The van der Waals surface area contributed by atoms with Crippen molar-refractivity contribution in [1.82, 2.24) is 5.32 Å². The van der Waals surface area contributed by atoms with Gasteiger partial charge in [-0.25, -0.2) is 4.79 Å². The lowest BCUT2D eigenvalue weighted by molar-refractivity contribution is 0.0665. The number of carboxylic acids is 1. The molecule has 1 aromatic heterocycles. The highest BCUT2D eigenvalue weighted by Gasteiger charge is 2.41. The van der Waals surface area contributed by atoms with Gasteiger partial charge in [0.1, 0.15) is 5.58 Å². The maximum atomic E-state index is 10.9. The Morgan fingerprint density at radius 3 is 2.90 bits per heavy atom. The molecule has 1 saturated carbocycles. The van der Waals surface area contributed by atoms with Gasteiger partial charge in [0.25, 0.3) is 0 Å². The van der Waals surface area contributed by atoms with Crippen LogP contribution < -0.4 is 5.32 Å². The monoisotopic (exact) mass is 291 g/mol. The fourth-order valence-corrected chi connectivity index (χ4v) is 3.09. The van der Waals surface area contributed by atoms with Crippen molar-refractivity contribution in [1.29, 1.82) is 0 Å². The highest BCUT2D eigenvalue weighted by Crippen LogP contribution is 2.46. The smallest absolute Gasteiger partial charge is 0.371 e. The normalized spacial score (nSPS) is 16.4. The zero-order valence-corrected chi connectivity index (χ0v) is 12.1. The summed E-state index contributed by atoms with van der Waals surface area (Å²) in [6.07, 6.45) is 4.76. The summed E-state index contributed by atoms with van der Waals surface area (Å²) in [5, 5.41) is 13.2. The summed E-state index contributed by atoms with van der Waals surface area (Å²) in [6.45, 7) is 1.82. The summed E-state index contributed by atoms with van der Waals surface area (Å²) < 4.78 is 5.70. The van der Waals surface area contributed by atoms with Gasteiger partial charge in [0, 0.05) is 23.2 Å². The van der Waals surface area contributed by atoms with Crippen LogP contribution in [-0.4, -0.2) is 28.6 Å². The number of carbonyl (C=O) groups is 1. The molecule has 20 heavy (non-hydrogen) atoms. The van der Waals surface area contributed by atoms with E-state index in [2.05, 4.69) is 11.6 Å². The van der Waals surface area contributed by atoms with Crippen LogP contribution in [0, 0.1) is 0 Å². The molecule has 0 amide bonds. The fraction of sp³-hybridized carbons (Fsp3) is 0.400. The standard InChI is InChI=1S/C15H17NO3S/c1-20-15(4-5-15)9-16-8-10-2-3-12-11(6-10)7-13(19-12)14(17)18/h2-3,6-7,16H,4-5,8-9H2,1H3,(H,17,18). The molecule has 3 rings (SSSR count). The van der Waals surface area contributed by atoms with Crippen LogP contribution in [0.25, 0.3) is 11.0 Å². The first-order chi connectivity index (χ1) is 9.62. The molecule has 106 valence electrons. The van der Waals surface area contributed by atoms with Crippen molar-refractivity contribution in [3.8, 4) is 0 Å². The Morgan fingerprint density at radius 2 is 2.25 bits per heavy atom. The zero-order valence-electron chi connectivity index (χ0n) is 11.3. The topological polar surface area (TPSA) is 62.5 Å². The van der Waals surface area contributed by atoms with Crippen molar-refractivity contribution in [2.75, 3.05) is 12.8 Å². The molecule has 5 heteroatoms. The summed E-state index contributed by atoms with van der Waals surface area (Å²) in [5.74, 6) is -1.04. The number of fused-ring (bicyclic) bond motifs is 1. The molecule has 0 saturated heterocycles. The lowest BCUT2D eigenvalue weighted by atomic mass is 10.1. The van der Waals surface area contributed by atoms with E-state index in [1.807, 2.05) is 30.0 Å². The zero-order chi connectivity index (χ0) is 14.2. The maximum absolute atomic E-state index is 10.9. The second-order valence-corrected chi connectivity index (χ2v) is 6.55. The first kappa shape index (κ1) is 13.5. The number of benzene rings is 1. The third-order valence-corrected chi connectivity index (χ3v) is 5.23. The van der Waals surface area contributed by atoms with Crippen molar-refractivity contribution < 1.29 is 14.3 Å². The minimum atomic E-state index is -1.03. The number of hydrogen-bond acceptors (Lipinski definition) is 4. The third-order valence-electron chi connectivity index (χ3n) is 3.81. The lowest BCUT2D eigenvalue weighted by Crippen LogP contribution is -2.25. The number of furan rings is 1. The van der Waals surface area contributed by atoms with Crippen LogP contribution >= 0.6 is 11.8 Å². The molecule has 1 heterocycles. The number of carboxylic acid groups (broad SMARTS) is 1. The fourth-order valence-electron chi connectivity index (χ4n) is 2.34. The van der Waals surface area contributed by atoms with E-state index in [1.165, 1.54) is 12.8 Å².